The first-order valence-electron chi connectivity index (χ1n) is 9.68. The molecule has 1 saturated heterocycles. The summed E-state index contributed by atoms with van der Waals surface area (Å²) in [5.41, 5.74) is -0.412. The fraction of sp³-hybridized carbons (Fsp3) is 0.333. The van der Waals surface area contributed by atoms with Gasteiger partial charge in [-0.1, -0.05) is 29.5 Å². The average Bonchev–Trinajstić information content (AvgIpc) is 3.18. The topological polar surface area (TPSA) is 45.7 Å². The highest BCUT2D eigenvalue weighted by molar-refractivity contribution is 14.1. The van der Waals surface area contributed by atoms with Gasteiger partial charge in [0.2, 0.25) is 0 Å². The van der Waals surface area contributed by atoms with E-state index in [9.17, 15) is 18.0 Å². The van der Waals surface area contributed by atoms with Gasteiger partial charge in [0.1, 0.15) is 0 Å². The largest absolute Gasteiger partial charge is 0.418 e. The van der Waals surface area contributed by atoms with E-state index in [1.165, 1.54) is 11.0 Å². The number of halogens is 5. The molecular formula is C21H20ClF3IN3O2S. The van der Waals surface area contributed by atoms with E-state index in [1.807, 2.05) is 12.1 Å². The summed E-state index contributed by atoms with van der Waals surface area (Å²) in [5, 5.41) is 0.268. The maximum atomic E-state index is 13.5. The molecule has 0 radical (unpaired) electrons. The van der Waals surface area contributed by atoms with Crippen molar-refractivity contribution >= 4 is 67.6 Å². The number of nitrogens with zero attached hydrogens (tertiary/aromatic N) is 3. The number of anilines is 1. The molecule has 0 spiro atoms. The van der Waals surface area contributed by atoms with Crippen LogP contribution in [0.15, 0.2) is 42.5 Å². The van der Waals surface area contributed by atoms with Crippen LogP contribution in [0, 0.1) is 3.57 Å². The highest BCUT2D eigenvalue weighted by Crippen LogP contribution is 2.38. The predicted molar refractivity (Wildman–Crippen MR) is 130 cm³/mol. The summed E-state index contributed by atoms with van der Waals surface area (Å²) < 4.78 is 46.9. The van der Waals surface area contributed by atoms with Crippen LogP contribution in [0.25, 0.3) is 10.2 Å². The fourth-order valence-electron chi connectivity index (χ4n) is 3.41. The van der Waals surface area contributed by atoms with Gasteiger partial charge in [0.05, 0.1) is 34.6 Å². The lowest BCUT2D eigenvalue weighted by molar-refractivity contribution is -0.136. The third-order valence-corrected chi connectivity index (χ3v) is 7.02. The summed E-state index contributed by atoms with van der Waals surface area (Å²) in [6.45, 7) is 3.67. The van der Waals surface area contributed by atoms with Crippen LogP contribution in [0.5, 0.6) is 0 Å². The Morgan fingerprint density at radius 3 is 2.56 bits per heavy atom. The van der Waals surface area contributed by atoms with Gasteiger partial charge in [-0.2, -0.15) is 13.2 Å². The fourth-order valence-corrected chi connectivity index (χ4v) is 5.05. The SMILES string of the molecule is Cl.O=C(c1ccccc1I)N(CCN1CCOCC1)c1nc2c(C(F)(F)F)cccc2s1. The van der Waals surface area contributed by atoms with Crippen molar-refractivity contribution in [3.8, 4) is 0 Å². The summed E-state index contributed by atoms with van der Waals surface area (Å²) in [7, 11) is 0. The first-order valence-corrected chi connectivity index (χ1v) is 11.6. The zero-order chi connectivity index (χ0) is 22.0. The maximum absolute atomic E-state index is 13.5. The number of aromatic nitrogens is 1. The molecule has 0 unspecified atom stereocenters. The first kappa shape index (κ1) is 25.2. The zero-order valence-corrected chi connectivity index (χ0v) is 20.6. The lowest BCUT2D eigenvalue weighted by atomic mass is 10.2. The molecule has 1 aliphatic rings. The highest BCUT2D eigenvalue weighted by Gasteiger charge is 2.34. The van der Waals surface area contributed by atoms with Crippen LogP contribution in [0.2, 0.25) is 0 Å². The molecule has 0 atom stereocenters. The number of thiazole rings is 1. The predicted octanol–water partition coefficient (Wildman–Crippen LogP) is 5.32. The van der Waals surface area contributed by atoms with Crippen LogP contribution in [-0.4, -0.2) is 55.2 Å². The third kappa shape index (κ3) is 5.53. The lowest BCUT2D eigenvalue weighted by Gasteiger charge is -2.29. The Labute approximate surface area is 207 Å². The second-order valence-electron chi connectivity index (χ2n) is 7.04. The Bertz CT molecular complexity index is 1090. The molecular weight excluding hydrogens is 578 g/mol. The molecule has 1 aliphatic heterocycles. The number of benzene rings is 2. The second kappa shape index (κ2) is 10.6. The van der Waals surface area contributed by atoms with Gasteiger partial charge >= 0.3 is 6.18 Å². The van der Waals surface area contributed by atoms with Gasteiger partial charge in [0.25, 0.3) is 5.91 Å². The number of hydrogen-bond acceptors (Lipinski definition) is 5. The molecule has 32 heavy (non-hydrogen) atoms. The molecule has 4 rings (SSSR count). The lowest BCUT2D eigenvalue weighted by Crippen LogP contribution is -2.43. The Morgan fingerprint density at radius 2 is 1.88 bits per heavy atom. The monoisotopic (exact) mass is 597 g/mol. The molecule has 0 saturated carbocycles. The molecule has 5 nitrogen and oxygen atoms in total. The number of rotatable bonds is 5. The molecule has 11 heteroatoms. The van der Waals surface area contributed by atoms with Crippen molar-refractivity contribution in [2.24, 2.45) is 0 Å². The zero-order valence-electron chi connectivity index (χ0n) is 16.8. The van der Waals surface area contributed by atoms with E-state index in [0.717, 1.165) is 34.1 Å². The van der Waals surface area contributed by atoms with Crippen LogP contribution < -0.4 is 4.90 Å². The van der Waals surface area contributed by atoms with Crippen LogP contribution in [0.1, 0.15) is 15.9 Å². The molecule has 1 amide bonds. The van der Waals surface area contributed by atoms with E-state index >= 15 is 0 Å². The number of para-hydroxylation sites is 1. The van der Waals surface area contributed by atoms with Gasteiger partial charge in [-0.25, -0.2) is 4.98 Å². The highest BCUT2D eigenvalue weighted by atomic mass is 127. The van der Waals surface area contributed by atoms with Crippen molar-refractivity contribution in [3.63, 3.8) is 0 Å². The number of alkyl halides is 3. The maximum Gasteiger partial charge on any atom is 0.418 e. The molecule has 1 fully saturated rings. The second-order valence-corrected chi connectivity index (χ2v) is 9.21. The summed E-state index contributed by atoms with van der Waals surface area (Å²) in [5.74, 6) is -0.272. The van der Waals surface area contributed by atoms with Crippen LogP contribution in [-0.2, 0) is 10.9 Å². The summed E-state index contributed by atoms with van der Waals surface area (Å²) in [6, 6.07) is 11.1. The minimum Gasteiger partial charge on any atom is -0.379 e. The van der Waals surface area contributed by atoms with E-state index in [2.05, 4.69) is 32.5 Å². The average molecular weight is 598 g/mol. The summed E-state index contributed by atoms with van der Waals surface area (Å²) in [6.07, 6.45) is -4.51. The molecule has 0 bridgehead atoms. The van der Waals surface area contributed by atoms with Crippen molar-refractivity contribution in [2.45, 2.75) is 6.18 Å². The number of fused-ring (bicyclic) bond motifs is 1. The quantitative estimate of drug-likeness (QED) is 0.374. The van der Waals surface area contributed by atoms with Gasteiger partial charge in [-0.15, -0.1) is 12.4 Å². The summed E-state index contributed by atoms with van der Waals surface area (Å²) in [4.78, 5) is 21.4. The molecule has 172 valence electrons. The number of amides is 1. The number of carbonyl (C=O) groups is 1. The first-order chi connectivity index (χ1) is 14.8. The van der Waals surface area contributed by atoms with Crippen molar-refractivity contribution in [3.05, 3.63) is 57.2 Å². The van der Waals surface area contributed by atoms with Gasteiger partial charge < -0.3 is 4.74 Å². The van der Waals surface area contributed by atoms with E-state index in [4.69, 9.17) is 4.74 Å². The number of carbonyl (C=O) groups excluding carboxylic acids is 1. The van der Waals surface area contributed by atoms with Gasteiger partial charge in [-0.3, -0.25) is 14.6 Å². The normalized spacial score (nSPS) is 14.9. The third-order valence-electron chi connectivity index (χ3n) is 5.04. The van der Waals surface area contributed by atoms with Gasteiger partial charge in [0.15, 0.2) is 5.13 Å². The number of ether oxygens (including phenoxy) is 1. The molecule has 0 N–H and O–H groups in total. The number of hydrogen-bond donors (Lipinski definition) is 0. The van der Waals surface area contributed by atoms with Gasteiger partial charge in [-0.05, 0) is 46.9 Å². The Morgan fingerprint density at radius 1 is 1.16 bits per heavy atom. The van der Waals surface area contributed by atoms with Crippen LogP contribution >= 0.6 is 46.3 Å². The van der Waals surface area contributed by atoms with Crippen LogP contribution in [0.3, 0.4) is 0 Å². The van der Waals surface area contributed by atoms with Crippen molar-refractivity contribution in [2.75, 3.05) is 44.3 Å². The number of morpholine rings is 1. The van der Waals surface area contributed by atoms with Crippen molar-refractivity contribution < 1.29 is 22.7 Å². The van der Waals surface area contributed by atoms with Gasteiger partial charge in [0, 0.05) is 29.7 Å². The van der Waals surface area contributed by atoms with Crippen LogP contribution in [0.4, 0.5) is 18.3 Å². The van der Waals surface area contributed by atoms with Crippen molar-refractivity contribution in [1.29, 1.82) is 0 Å². The Hall–Kier alpha value is -1.47. The summed E-state index contributed by atoms with van der Waals surface area (Å²) >= 11 is 3.19. The molecule has 1 aromatic heterocycles. The minimum atomic E-state index is -4.51. The molecule has 2 heterocycles. The van der Waals surface area contributed by atoms with E-state index in [0.29, 0.717) is 36.6 Å². The molecule has 0 aliphatic carbocycles. The Kier molecular flexibility index (Phi) is 8.37. The Balaban J connectivity index is 0.00000289. The van der Waals surface area contributed by atoms with Crippen molar-refractivity contribution in [1.82, 2.24) is 9.88 Å². The minimum absolute atomic E-state index is 0. The molecule has 2 aromatic carbocycles. The van der Waals surface area contributed by atoms with E-state index < -0.39 is 11.7 Å². The van der Waals surface area contributed by atoms with E-state index in [-0.39, 0.29) is 29.0 Å². The molecule has 3 aromatic rings. The smallest absolute Gasteiger partial charge is 0.379 e. The van der Waals surface area contributed by atoms with E-state index in [1.54, 1.807) is 18.2 Å². The standard InChI is InChI=1S/C21H19F3IN3O2S.ClH/c22-21(23,24)15-5-3-7-17-18(15)26-20(31-17)28(9-8-27-10-12-30-13-11-27)19(29)14-4-1-2-6-16(14)25;/h1-7H,8-13H2;1H.